The second-order valence-electron chi connectivity index (χ2n) is 7.43. The van der Waals surface area contributed by atoms with Crippen molar-refractivity contribution in [3.63, 3.8) is 0 Å². The monoisotopic (exact) mass is 440 g/mol. The molecule has 2 nitrogen and oxygen atoms in total. The Kier molecular flexibility index (Phi) is 11.3. The van der Waals surface area contributed by atoms with Gasteiger partial charge in [0.2, 0.25) is 0 Å². The average Bonchev–Trinajstić information content (AvgIpc) is 2.66. The molecule has 1 aromatic rings. The van der Waals surface area contributed by atoms with Crippen molar-refractivity contribution in [3.05, 3.63) is 34.9 Å². The van der Waals surface area contributed by atoms with E-state index in [9.17, 15) is 31.1 Å². The first-order chi connectivity index (χ1) is 14.1. The Morgan fingerprint density at radius 3 is 1.73 bits per heavy atom. The van der Waals surface area contributed by atoms with Gasteiger partial charge in [-0.25, -0.2) is 4.79 Å². The maximum atomic E-state index is 13.0. The summed E-state index contributed by atoms with van der Waals surface area (Å²) in [5, 5.41) is 0. The summed E-state index contributed by atoms with van der Waals surface area (Å²) in [7, 11) is 0. The average molecular weight is 440 g/mol. The molecule has 0 atom stereocenters. The number of esters is 1. The van der Waals surface area contributed by atoms with Crippen molar-refractivity contribution >= 4 is 5.97 Å². The number of halogens is 6. The molecule has 172 valence electrons. The van der Waals surface area contributed by atoms with E-state index in [1.54, 1.807) is 0 Å². The van der Waals surface area contributed by atoms with Gasteiger partial charge in [0.25, 0.3) is 0 Å². The second kappa shape index (κ2) is 12.8. The van der Waals surface area contributed by atoms with Crippen LogP contribution in [0, 0.1) is 0 Å². The minimum atomic E-state index is -4.95. The van der Waals surface area contributed by atoms with Gasteiger partial charge in [-0.2, -0.15) is 26.3 Å². The van der Waals surface area contributed by atoms with E-state index in [2.05, 4.69) is 6.92 Å². The summed E-state index contributed by atoms with van der Waals surface area (Å²) in [6.07, 6.45) is 1.88. The third kappa shape index (κ3) is 9.85. The van der Waals surface area contributed by atoms with Gasteiger partial charge in [0.1, 0.15) is 0 Å². The van der Waals surface area contributed by atoms with Crippen LogP contribution in [0.4, 0.5) is 26.3 Å². The Morgan fingerprint density at radius 2 is 1.27 bits per heavy atom. The fourth-order valence-electron chi connectivity index (χ4n) is 3.15. The molecule has 0 unspecified atom stereocenters. The van der Waals surface area contributed by atoms with Gasteiger partial charge in [-0.05, 0) is 24.6 Å². The molecule has 0 aliphatic heterocycles. The molecule has 0 fully saturated rings. The highest BCUT2D eigenvalue weighted by Gasteiger charge is 2.39. The Labute approximate surface area is 174 Å². The summed E-state index contributed by atoms with van der Waals surface area (Å²) in [5.74, 6) is -1.39. The van der Waals surface area contributed by atoms with Crippen molar-refractivity contribution in [3.8, 4) is 0 Å². The SMILES string of the molecule is CCCCCCCCCCCCCOC(=O)c1cc(C(F)(F)F)ccc1C(F)(F)F. The van der Waals surface area contributed by atoms with Gasteiger partial charge in [0, 0.05) is 0 Å². The quantitative estimate of drug-likeness (QED) is 0.176. The Morgan fingerprint density at radius 1 is 0.767 bits per heavy atom. The van der Waals surface area contributed by atoms with Crippen LogP contribution in [0.2, 0.25) is 0 Å². The van der Waals surface area contributed by atoms with E-state index < -0.39 is 35.0 Å². The number of hydrogen-bond donors (Lipinski definition) is 0. The summed E-state index contributed by atoms with van der Waals surface area (Å²) in [6, 6.07) is 0.775. The molecule has 0 saturated carbocycles. The topological polar surface area (TPSA) is 26.3 Å². The smallest absolute Gasteiger partial charge is 0.417 e. The first-order valence-electron chi connectivity index (χ1n) is 10.5. The molecule has 1 aromatic carbocycles. The molecule has 30 heavy (non-hydrogen) atoms. The Balaban J connectivity index is 2.39. The third-order valence-electron chi connectivity index (χ3n) is 4.85. The minimum Gasteiger partial charge on any atom is -0.462 e. The molecule has 0 bridgehead atoms. The van der Waals surface area contributed by atoms with Crippen LogP contribution in [-0.2, 0) is 17.1 Å². The number of carbonyl (C=O) groups excluding carboxylic acids is 1. The number of carbonyl (C=O) groups is 1. The Bertz CT molecular complexity index is 637. The highest BCUT2D eigenvalue weighted by atomic mass is 19.4. The largest absolute Gasteiger partial charge is 0.462 e. The lowest BCUT2D eigenvalue weighted by molar-refractivity contribution is -0.141. The fourth-order valence-corrected chi connectivity index (χ4v) is 3.15. The molecule has 8 heteroatoms. The van der Waals surface area contributed by atoms with Gasteiger partial charge < -0.3 is 4.74 Å². The number of hydrogen-bond acceptors (Lipinski definition) is 2. The molecule has 0 spiro atoms. The van der Waals surface area contributed by atoms with Crippen LogP contribution in [0.1, 0.15) is 99.0 Å². The number of benzene rings is 1. The molecular weight excluding hydrogens is 410 g/mol. The molecule has 0 aliphatic rings. The summed E-state index contributed by atoms with van der Waals surface area (Å²) < 4.78 is 82.2. The van der Waals surface area contributed by atoms with Crippen molar-refractivity contribution in [2.24, 2.45) is 0 Å². The van der Waals surface area contributed by atoms with E-state index in [-0.39, 0.29) is 18.7 Å². The van der Waals surface area contributed by atoms with Gasteiger partial charge in [-0.15, -0.1) is 0 Å². The van der Waals surface area contributed by atoms with Crippen molar-refractivity contribution in [2.45, 2.75) is 89.9 Å². The number of alkyl halides is 6. The lowest BCUT2D eigenvalue weighted by atomic mass is 10.0. The molecule has 1 rings (SSSR count). The maximum Gasteiger partial charge on any atom is 0.417 e. The molecule has 0 radical (unpaired) electrons. The number of ether oxygens (including phenoxy) is 1. The van der Waals surface area contributed by atoms with Gasteiger partial charge in [0.15, 0.2) is 0 Å². The van der Waals surface area contributed by atoms with E-state index in [1.807, 2.05) is 0 Å². The molecular formula is C22H30F6O2. The number of unbranched alkanes of at least 4 members (excludes halogenated alkanes) is 10. The fraction of sp³-hybridized carbons (Fsp3) is 0.682. The van der Waals surface area contributed by atoms with Gasteiger partial charge in [-0.1, -0.05) is 71.1 Å². The van der Waals surface area contributed by atoms with Crippen LogP contribution in [0.5, 0.6) is 0 Å². The predicted octanol–water partition coefficient (Wildman–Crippen LogP) is 8.19. The molecule has 0 heterocycles. The zero-order valence-corrected chi connectivity index (χ0v) is 17.3. The summed E-state index contributed by atoms with van der Waals surface area (Å²) in [6.45, 7) is 2.05. The van der Waals surface area contributed by atoms with Crippen LogP contribution >= 0.6 is 0 Å². The van der Waals surface area contributed by atoms with Gasteiger partial charge >= 0.3 is 18.3 Å². The lowest BCUT2D eigenvalue weighted by Crippen LogP contribution is -2.17. The molecule has 0 amide bonds. The zero-order chi connectivity index (χ0) is 22.6. The van der Waals surface area contributed by atoms with Crippen LogP contribution in [0.3, 0.4) is 0 Å². The van der Waals surface area contributed by atoms with E-state index in [0.29, 0.717) is 12.5 Å². The molecule has 0 aliphatic carbocycles. The lowest BCUT2D eigenvalue weighted by Gasteiger charge is -2.15. The first kappa shape index (κ1) is 26.3. The predicted molar refractivity (Wildman–Crippen MR) is 103 cm³/mol. The standard InChI is InChI=1S/C22H30F6O2/c1-2-3-4-5-6-7-8-9-10-11-12-15-30-20(29)18-16-17(21(23,24)25)13-14-19(18)22(26,27)28/h13-14,16H,2-12,15H2,1H3. The van der Waals surface area contributed by atoms with E-state index in [1.165, 1.54) is 38.5 Å². The van der Waals surface area contributed by atoms with Crippen LogP contribution in [0.15, 0.2) is 18.2 Å². The third-order valence-corrected chi connectivity index (χ3v) is 4.85. The zero-order valence-electron chi connectivity index (χ0n) is 17.3. The molecule has 0 aromatic heterocycles. The molecule has 0 N–H and O–H groups in total. The summed E-state index contributed by atoms with van der Waals surface area (Å²) in [5.41, 5.74) is -3.86. The van der Waals surface area contributed by atoms with Crippen LogP contribution in [0.25, 0.3) is 0 Å². The van der Waals surface area contributed by atoms with Crippen molar-refractivity contribution in [1.29, 1.82) is 0 Å². The van der Waals surface area contributed by atoms with E-state index >= 15 is 0 Å². The van der Waals surface area contributed by atoms with E-state index in [0.717, 1.165) is 25.7 Å². The highest BCUT2D eigenvalue weighted by molar-refractivity contribution is 5.91. The van der Waals surface area contributed by atoms with Crippen molar-refractivity contribution in [2.75, 3.05) is 6.61 Å². The normalized spacial score (nSPS) is 12.2. The summed E-state index contributed by atoms with van der Waals surface area (Å²) >= 11 is 0. The minimum absolute atomic E-state index is 0.122. The maximum absolute atomic E-state index is 13.0. The van der Waals surface area contributed by atoms with Crippen LogP contribution < -0.4 is 0 Å². The number of rotatable bonds is 13. The van der Waals surface area contributed by atoms with Crippen LogP contribution in [-0.4, -0.2) is 12.6 Å². The van der Waals surface area contributed by atoms with Gasteiger partial charge in [0.05, 0.1) is 23.3 Å². The molecule has 0 saturated heterocycles. The van der Waals surface area contributed by atoms with E-state index in [4.69, 9.17) is 4.74 Å². The highest BCUT2D eigenvalue weighted by Crippen LogP contribution is 2.36. The van der Waals surface area contributed by atoms with Gasteiger partial charge in [-0.3, -0.25) is 0 Å². The Hall–Kier alpha value is -1.73. The van der Waals surface area contributed by atoms with Crippen molar-refractivity contribution < 1.29 is 35.9 Å². The van der Waals surface area contributed by atoms with Crippen molar-refractivity contribution in [1.82, 2.24) is 0 Å². The second-order valence-corrected chi connectivity index (χ2v) is 7.43. The summed E-state index contributed by atoms with van der Waals surface area (Å²) in [4.78, 5) is 12.0. The first-order valence-corrected chi connectivity index (χ1v) is 10.5.